The van der Waals surface area contributed by atoms with E-state index in [0.29, 0.717) is 0 Å². The Labute approximate surface area is 267 Å². The number of hydrogen-bond acceptors (Lipinski definition) is 10. The highest BCUT2D eigenvalue weighted by molar-refractivity contribution is 5.96. The Hall–Kier alpha value is -3.93. The quantitative estimate of drug-likeness (QED) is 0.0848. The second-order valence-corrected chi connectivity index (χ2v) is 10.8. The van der Waals surface area contributed by atoms with Crippen LogP contribution >= 0.6 is 0 Å². The van der Waals surface area contributed by atoms with Gasteiger partial charge in [-0.2, -0.15) is 0 Å². The van der Waals surface area contributed by atoms with Crippen molar-refractivity contribution < 1.29 is 53.8 Å². The number of rotatable bonds is 19. The minimum Gasteiger partial charge on any atom is -0.477 e. The summed E-state index contributed by atoms with van der Waals surface area (Å²) in [5, 5.41) is 43.8. The van der Waals surface area contributed by atoms with E-state index in [9.17, 15) is 34.8 Å². The summed E-state index contributed by atoms with van der Waals surface area (Å²) in [6, 6.07) is 16.2. The van der Waals surface area contributed by atoms with E-state index in [1.165, 1.54) is 0 Å². The number of carbonyl (C=O) groups is 3. The van der Waals surface area contributed by atoms with Crippen molar-refractivity contribution in [3.05, 3.63) is 72.3 Å². The maximum Gasteiger partial charge on any atom is 0.364 e. The lowest BCUT2D eigenvalue weighted by Gasteiger charge is -2.44. The molecule has 2 aromatic rings. The van der Waals surface area contributed by atoms with Crippen LogP contribution in [0.25, 0.3) is 11.1 Å². The molecule has 46 heavy (non-hydrogen) atoms. The predicted molar refractivity (Wildman–Crippen MR) is 166 cm³/mol. The Morgan fingerprint density at radius 2 is 1.67 bits per heavy atom. The Morgan fingerprint density at radius 3 is 2.33 bits per heavy atom. The molecular formula is C34H41NO11. The molecule has 1 amide bonds. The van der Waals surface area contributed by atoms with Gasteiger partial charge in [0, 0.05) is 19.3 Å². The van der Waals surface area contributed by atoms with E-state index in [1.54, 1.807) is 0 Å². The first kappa shape index (κ1) is 36.5. The summed E-state index contributed by atoms with van der Waals surface area (Å²) in [4.78, 5) is 37.3. The van der Waals surface area contributed by atoms with Gasteiger partial charge in [-0.15, -0.1) is 6.42 Å². The van der Waals surface area contributed by atoms with Crippen molar-refractivity contribution in [1.29, 1.82) is 0 Å². The molecule has 5 N–H and O–H groups in total. The molecule has 1 aliphatic heterocycles. The van der Waals surface area contributed by atoms with Gasteiger partial charge in [0.15, 0.2) is 5.78 Å². The third-order valence-electron chi connectivity index (χ3n) is 7.45. The van der Waals surface area contributed by atoms with Crippen LogP contribution in [0.15, 0.2) is 66.7 Å². The molecule has 248 valence electrons. The van der Waals surface area contributed by atoms with Crippen molar-refractivity contribution >= 4 is 17.7 Å². The smallest absolute Gasteiger partial charge is 0.364 e. The molecule has 5 atom stereocenters. The Morgan fingerprint density at radius 1 is 1.02 bits per heavy atom. The minimum atomic E-state index is -2.23. The molecule has 12 nitrogen and oxygen atoms in total. The van der Waals surface area contributed by atoms with Gasteiger partial charge < -0.3 is 44.7 Å². The van der Waals surface area contributed by atoms with Crippen LogP contribution in [0.5, 0.6) is 0 Å². The number of nitrogens with one attached hydrogen (secondary N) is 1. The van der Waals surface area contributed by atoms with Crippen LogP contribution in [0.4, 0.5) is 0 Å². The molecule has 12 heteroatoms. The van der Waals surface area contributed by atoms with Crippen LogP contribution < -0.4 is 5.32 Å². The molecule has 0 bridgehead atoms. The third kappa shape index (κ3) is 10.6. The minimum absolute atomic E-state index is 0.00472. The maximum absolute atomic E-state index is 13.0. The van der Waals surface area contributed by atoms with Crippen LogP contribution in [-0.2, 0) is 39.8 Å². The van der Waals surface area contributed by atoms with Gasteiger partial charge in [0.2, 0.25) is 5.91 Å². The molecule has 3 rings (SSSR count). The van der Waals surface area contributed by atoms with E-state index < -0.39 is 48.6 Å². The summed E-state index contributed by atoms with van der Waals surface area (Å²) in [6.07, 6.45) is -0.367. The Kier molecular flexibility index (Phi) is 14.5. The summed E-state index contributed by atoms with van der Waals surface area (Å²) in [6.45, 7) is 3.28. The SMILES string of the molecule is C#CCOCCOCCO[C@]1(C(=O)O)CC[C@@H](NC(=O)CO)[C@H]([C@H](O)[C@H](O)CC(=C)C(=O)Cc2ccc(-c3ccccc3)cc2)O1. The number of carboxylic acids is 1. The molecule has 0 saturated carbocycles. The van der Waals surface area contributed by atoms with E-state index >= 15 is 0 Å². The van der Waals surface area contributed by atoms with Gasteiger partial charge >= 0.3 is 5.97 Å². The third-order valence-corrected chi connectivity index (χ3v) is 7.45. The summed E-state index contributed by atoms with van der Waals surface area (Å²) < 4.78 is 21.8. The maximum atomic E-state index is 13.0. The number of amides is 1. The van der Waals surface area contributed by atoms with E-state index in [4.69, 9.17) is 25.4 Å². The highest BCUT2D eigenvalue weighted by Crippen LogP contribution is 2.34. The summed E-state index contributed by atoms with van der Waals surface area (Å²) in [7, 11) is 0. The van der Waals surface area contributed by atoms with Gasteiger partial charge in [-0.1, -0.05) is 67.1 Å². The number of hydrogen-bond donors (Lipinski definition) is 5. The van der Waals surface area contributed by atoms with Crippen molar-refractivity contribution in [2.45, 2.75) is 55.8 Å². The molecule has 2 aromatic carbocycles. The first-order valence-corrected chi connectivity index (χ1v) is 14.9. The topological polar surface area (TPSA) is 181 Å². The van der Waals surface area contributed by atoms with Crippen LogP contribution in [0.1, 0.15) is 24.8 Å². The highest BCUT2D eigenvalue weighted by Gasteiger charge is 2.52. The van der Waals surface area contributed by atoms with Gasteiger partial charge in [0.1, 0.15) is 25.4 Å². The van der Waals surface area contributed by atoms with Gasteiger partial charge in [0.25, 0.3) is 5.79 Å². The molecule has 0 radical (unpaired) electrons. The van der Waals surface area contributed by atoms with Crippen LogP contribution in [0.3, 0.4) is 0 Å². The number of ether oxygens (including phenoxy) is 4. The van der Waals surface area contributed by atoms with E-state index in [1.807, 2.05) is 54.6 Å². The second-order valence-electron chi connectivity index (χ2n) is 10.8. The van der Waals surface area contributed by atoms with Crippen LogP contribution in [0.2, 0.25) is 0 Å². The lowest BCUT2D eigenvalue weighted by atomic mass is 9.88. The van der Waals surface area contributed by atoms with Gasteiger partial charge in [-0.25, -0.2) is 4.79 Å². The molecule has 1 aliphatic rings. The first-order chi connectivity index (χ1) is 22.1. The van der Waals surface area contributed by atoms with E-state index in [-0.39, 0.29) is 70.1 Å². The van der Waals surface area contributed by atoms with E-state index in [0.717, 1.165) is 16.7 Å². The van der Waals surface area contributed by atoms with Crippen molar-refractivity contribution in [1.82, 2.24) is 5.32 Å². The number of benzene rings is 2. The number of aliphatic hydroxyl groups excluding tert-OH is 3. The summed E-state index contributed by atoms with van der Waals surface area (Å²) in [5.41, 5.74) is 2.79. The average molecular weight is 640 g/mol. The van der Waals surface area contributed by atoms with Crippen molar-refractivity contribution in [2.75, 3.05) is 39.6 Å². The number of carboxylic acid groups (broad SMARTS) is 1. The number of Topliss-reactive ketones (excluding diaryl/α,β-unsaturated/α-hetero) is 1. The van der Waals surface area contributed by atoms with Crippen molar-refractivity contribution in [3.63, 3.8) is 0 Å². The fourth-order valence-corrected chi connectivity index (χ4v) is 4.99. The fourth-order valence-electron chi connectivity index (χ4n) is 4.99. The molecule has 0 unspecified atom stereocenters. The lowest BCUT2D eigenvalue weighted by molar-refractivity contribution is -0.298. The van der Waals surface area contributed by atoms with E-state index in [2.05, 4.69) is 17.8 Å². The van der Waals surface area contributed by atoms with Gasteiger partial charge in [-0.3, -0.25) is 9.59 Å². The Balaban J connectivity index is 1.63. The van der Waals surface area contributed by atoms with Gasteiger partial charge in [-0.05, 0) is 28.7 Å². The number of aliphatic carboxylic acids is 1. The van der Waals surface area contributed by atoms with Crippen molar-refractivity contribution in [3.8, 4) is 23.5 Å². The standard InChI is InChI=1S/C34H41NO11/c1-3-15-43-16-17-44-18-19-45-34(33(41)42)14-13-27(35-30(39)22-36)32(46-34)31(40)29(38)20-23(2)28(37)21-24-9-11-26(12-10-24)25-7-5-4-6-8-25/h1,4-12,27,29,31-32,36,38,40H,2,13-22H2,(H,35,39)(H,41,42)/t27-,29-,31-,32-,34-/m1/s1. The number of terminal acetylenes is 1. The first-order valence-electron chi connectivity index (χ1n) is 14.9. The molecule has 1 heterocycles. The monoisotopic (exact) mass is 639 g/mol. The largest absolute Gasteiger partial charge is 0.477 e. The molecule has 0 aromatic heterocycles. The fraction of sp³-hybridized carbons (Fsp3) is 0.441. The molecular weight excluding hydrogens is 598 g/mol. The van der Waals surface area contributed by atoms with Gasteiger partial charge in [0.05, 0.1) is 38.6 Å². The summed E-state index contributed by atoms with van der Waals surface area (Å²) in [5.74, 6) is -2.54. The molecule has 0 aliphatic carbocycles. The second kappa shape index (κ2) is 18.3. The molecule has 1 saturated heterocycles. The molecule has 1 fully saturated rings. The normalized spacial score (nSPS) is 20.7. The number of aliphatic hydroxyl groups is 3. The average Bonchev–Trinajstić information content (AvgIpc) is 3.06. The van der Waals surface area contributed by atoms with Crippen LogP contribution in [0, 0.1) is 12.3 Å². The van der Waals surface area contributed by atoms with Crippen LogP contribution in [-0.4, -0.2) is 108 Å². The summed E-state index contributed by atoms with van der Waals surface area (Å²) >= 11 is 0. The predicted octanol–water partition coefficient (Wildman–Crippen LogP) is 1.25. The lowest BCUT2D eigenvalue weighted by Crippen LogP contribution is -2.63. The number of ketones is 1. The zero-order valence-corrected chi connectivity index (χ0v) is 25.5. The van der Waals surface area contributed by atoms with Crippen molar-refractivity contribution in [2.24, 2.45) is 0 Å². The zero-order valence-electron chi connectivity index (χ0n) is 25.5. The Bertz CT molecular complexity index is 1340. The molecule has 0 spiro atoms. The number of carbonyl (C=O) groups excluding carboxylic acids is 2. The highest BCUT2D eigenvalue weighted by atomic mass is 16.7. The zero-order chi connectivity index (χ0) is 33.5.